The number of benzene rings is 1. The summed E-state index contributed by atoms with van der Waals surface area (Å²) in [6.07, 6.45) is 1.59. The van der Waals surface area contributed by atoms with E-state index >= 15 is 0 Å². The number of phenolic OH excluding ortho intramolecular Hbond substituents is 1. The molecule has 0 bridgehead atoms. The molecule has 0 aliphatic heterocycles. The Morgan fingerprint density at radius 2 is 1.88 bits per heavy atom. The van der Waals surface area contributed by atoms with Crippen molar-refractivity contribution in [1.29, 1.82) is 0 Å². The zero-order valence-electron chi connectivity index (χ0n) is 9.79. The van der Waals surface area contributed by atoms with Crippen molar-refractivity contribution < 1.29 is 5.11 Å². The van der Waals surface area contributed by atoms with Crippen LogP contribution in [0.2, 0.25) is 0 Å². The molecular formula is C11H15Br2ClN2O. The van der Waals surface area contributed by atoms with Crippen molar-refractivity contribution in [3.05, 3.63) is 26.6 Å². The summed E-state index contributed by atoms with van der Waals surface area (Å²) in [6.45, 7) is 6.04. The third-order valence-electron chi connectivity index (χ3n) is 1.66. The SMILES string of the molecule is CC(C)(C)N/N=C/c1cc(Br)cc(Br)c1O.Cl. The van der Waals surface area contributed by atoms with E-state index in [2.05, 4.69) is 42.4 Å². The zero-order chi connectivity index (χ0) is 12.3. The van der Waals surface area contributed by atoms with Crippen LogP contribution in [0.5, 0.6) is 5.75 Å². The van der Waals surface area contributed by atoms with Crippen LogP contribution in [0.3, 0.4) is 0 Å². The first-order chi connectivity index (χ1) is 7.29. The number of nitrogens with one attached hydrogen (secondary N) is 1. The Morgan fingerprint density at radius 1 is 1.29 bits per heavy atom. The van der Waals surface area contributed by atoms with Crippen LogP contribution in [0.1, 0.15) is 26.3 Å². The molecule has 1 aromatic rings. The van der Waals surface area contributed by atoms with E-state index in [9.17, 15) is 5.11 Å². The van der Waals surface area contributed by atoms with Gasteiger partial charge >= 0.3 is 0 Å². The topological polar surface area (TPSA) is 44.6 Å². The molecule has 0 heterocycles. The molecule has 0 aliphatic carbocycles. The number of hydrogen-bond acceptors (Lipinski definition) is 3. The van der Waals surface area contributed by atoms with Gasteiger partial charge in [-0.3, -0.25) is 0 Å². The van der Waals surface area contributed by atoms with Crippen LogP contribution in [0.15, 0.2) is 26.2 Å². The number of rotatable bonds is 2. The molecule has 0 amide bonds. The summed E-state index contributed by atoms with van der Waals surface area (Å²) in [7, 11) is 0. The van der Waals surface area contributed by atoms with Gasteiger partial charge in [0.05, 0.1) is 10.7 Å². The fourth-order valence-electron chi connectivity index (χ4n) is 0.980. The number of halogens is 3. The van der Waals surface area contributed by atoms with E-state index in [1.165, 1.54) is 0 Å². The molecule has 96 valence electrons. The van der Waals surface area contributed by atoms with Crippen LogP contribution in [0.25, 0.3) is 0 Å². The molecule has 0 fully saturated rings. The van der Waals surface area contributed by atoms with Crippen LogP contribution in [0, 0.1) is 0 Å². The number of hydrazone groups is 1. The highest BCUT2D eigenvalue weighted by Crippen LogP contribution is 2.30. The van der Waals surface area contributed by atoms with Gasteiger partial charge in [0.15, 0.2) is 0 Å². The Kier molecular flexibility index (Phi) is 6.51. The lowest BCUT2D eigenvalue weighted by atomic mass is 10.1. The van der Waals surface area contributed by atoms with Gasteiger partial charge in [-0.15, -0.1) is 12.4 Å². The molecule has 1 rings (SSSR count). The molecule has 0 saturated heterocycles. The molecule has 0 aliphatic rings. The quantitative estimate of drug-likeness (QED) is 0.595. The second-order valence-corrected chi connectivity index (χ2v) is 6.22. The van der Waals surface area contributed by atoms with Gasteiger partial charge in [-0.25, -0.2) is 0 Å². The lowest BCUT2D eigenvalue weighted by Crippen LogP contribution is -2.31. The molecule has 17 heavy (non-hydrogen) atoms. The van der Waals surface area contributed by atoms with Gasteiger partial charge in [0.1, 0.15) is 5.75 Å². The Hall–Kier alpha value is -0.260. The molecule has 0 saturated carbocycles. The van der Waals surface area contributed by atoms with Crippen LogP contribution in [-0.2, 0) is 0 Å². The van der Waals surface area contributed by atoms with E-state index < -0.39 is 0 Å². The minimum Gasteiger partial charge on any atom is -0.506 e. The third kappa shape index (κ3) is 5.75. The van der Waals surface area contributed by atoms with Gasteiger partial charge in [0.2, 0.25) is 0 Å². The Labute approximate surface area is 124 Å². The van der Waals surface area contributed by atoms with E-state index in [0.29, 0.717) is 10.0 Å². The van der Waals surface area contributed by atoms with Crippen molar-refractivity contribution in [2.75, 3.05) is 0 Å². The van der Waals surface area contributed by atoms with Crippen molar-refractivity contribution in [3.8, 4) is 5.75 Å². The van der Waals surface area contributed by atoms with Crippen molar-refractivity contribution in [3.63, 3.8) is 0 Å². The Morgan fingerprint density at radius 3 is 2.41 bits per heavy atom. The van der Waals surface area contributed by atoms with Gasteiger partial charge in [-0.1, -0.05) is 15.9 Å². The normalized spacial score (nSPS) is 11.4. The number of nitrogens with zero attached hydrogens (tertiary/aromatic N) is 1. The molecule has 0 spiro atoms. The first-order valence-electron chi connectivity index (χ1n) is 4.78. The highest BCUT2D eigenvalue weighted by molar-refractivity contribution is 9.11. The Balaban J connectivity index is 0.00000256. The van der Waals surface area contributed by atoms with E-state index in [1.54, 1.807) is 18.3 Å². The van der Waals surface area contributed by atoms with Gasteiger partial charge in [-0.05, 0) is 48.8 Å². The predicted molar refractivity (Wildman–Crippen MR) is 81.2 cm³/mol. The summed E-state index contributed by atoms with van der Waals surface area (Å²) in [5, 5.41) is 13.8. The minimum atomic E-state index is -0.0879. The molecule has 0 unspecified atom stereocenters. The van der Waals surface area contributed by atoms with Crippen LogP contribution in [0.4, 0.5) is 0 Å². The highest BCUT2D eigenvalue weighted by Gasteiger charge is 2.08. The predicted octanol–water partition coefficient (Wildman–Crippen LogP) is 4.06. The number of phenols is 1. The highest BCUT2D eigenvalue weighted by atomic mass is 79.9. The molecule has 0 radical (unpaired) electrons. The monoisotopic (exact) mass is 384 g/mol. The molecular weight excluding hydrogens is 371 g/mol. The number of hydrogen-bond donors (Lipinski definition) is 2. The average molecular weight is 387 g/mol. The zero-order valence-corrected chi connectivity index (χ0v) is 13.8. The average Bonchev–Trinajstić information content (AvgIpc) is 2.11. The van der Waals surface area contributed by atoms with Crippen LogP contribution < -0.4 is 5.43 Å². The van der Waals surface area contributed by atoms with E-state index in [1.807, 2.05) is 20.8 Å². The van der Waals surface area contributed by atoms with E-state index in [4.69, 9.17) is 0 Å². The first-order valence-corrected chi connectivity index (χ1v) is 6.36. The molecule has 0 atom stereocenters. The maximum absolute atomic E-state index is 9.76. The summed E-state index contributed by atoms with van der Waals surface area (Å²) in [5.74, 6) is 0.183. The van der Waals surface area contributed by atoms with Crippen molar-refractivity contribution in [1.82, 2.24) is 5.43 Å². The van der Waals surface area contributed by atoms with Crippen molar-refractivity contribution >= 4 is 50.5 Å². The number of aromatic hydroxyl groups is 1. The summed E-state index contributed by atoms with van der Waals surface area (Å²) in [4.78, 5) is 0. The smallest absolute Gasteiger partial charge is 0.138 e. The summed E-state index contributed by atoms with van der Waals surface area (Å²) in [5.41, 5.74) is 3.53. The lowest BCUT2D eigenvalue weighted by molar-refractivity contribution is 0.441. The maximum Gasteiger partial charge on any atom is 0.138 e. The molecule has 2 N–H and O–H groups in total. The summed E-state index contributed by atoms with van der Waals surface area (Å²) in [6, 6.07) is 3.58. The van der Waals surface area contributed by atoms with E-state index in [0.717, 1.165) is 4.47 Å². The molecule has 0 aromatic heterocycles. The largest absolute Gasteiger partial charge is 0.506 e. The van der Waals surface area contributed by atoms with Crippen LogP contribution >= 0.6 is 44.3 Å². The molecule has 6 heteroatoms. The molecule has 3 nitrogen and oxygen atoms in total. The van der Waals surface area contributed by atoms with E-state index in [-0.39, 0.29) is 23.7 Å². The second-order valence-electron chi connectivity index (χ2n) is 4.45. The third-order valence-corrected chi connectivity index (χ3v) is 2.72. The lowest BCUT2D eigenvalue weighted by Gasteiger charge is -2.17. The van der Waals surface area contributed by atoms with Gasteiger partial charge in [0.25, 0.3) is 0 Å². The summed E-state index contributed by atoms with van der Waals surface area (Å²) >= 11 is 6.62. The standard InChI is InChI=1S/C11H14Br2N2O.ClH/c1-11(2,3)15-14-6-7-4-8(12)5-9(13)10(7)16;/h4-6,15-16H,1-3H3;1H/b14-6+;. The Bertz CT molecular complexity index is 417. The van der Waals surface area contributed by atoms with Crippen LogP contribution in [-0.4, -0.2) is 16.9 Å². The maximum atomic E-state index is 9.76. The second kappa shape index (κ2) is 6.61. The first kappa shape index (κ1) is 16.7. The van der Waals surface area contributed by atoms with Gasteiger partial charge < -0.3 is 10.5 Å². The summed E-state index contributed by atoms with van der Waals surface area (Å²) < 4.78 is 1.52. The van der Waals surface area contributed by atoms with Crippen molar-refractivity contribution in [2.24, 2.45) is 5.10 Å². The van der Waals surface area contributed by atoms with Crippen molar-refractivity contribution in [2.45, 2.75) is 26.3 Å². The minimum absolute atomic E-state index is 0. The van der Waals surface area contributed by atoms with Gasteiger partial charge in [-0.2, -0.15) is 5.10 Å². The van der Waals surface area contributed by atoms with Gasteiger partial charge in [0, 0.05) is 15.6 Å². The molecule has 1 aromatic carbocycles. The fourth-order valence-corrected chi connectivity index (χ4v) is 2.24. The fraction of sp³-hybridized carbons (Fsp3) is 0.364.